The molecule has 0 radical (unpaired) electrons. The van der Waals surface area contributed by atoms with Crippen LogP contribution < -0.4 is 5.32 Å². The number of piperazine rings is 1. The summed E-state index contributed by atoms with van der Waals surface area (Å²) in [7, 11) is 0. The number of carbonyl (C=O) groups excluding carboxylic acids is 2. The van der Waals surface area contributed by atoms with E-state index in [2.05, 4.69) is 10.2 Å². The highest BCUT2D eigenvalue weighted by molar-refractivity contribution is 5.97. The Morgan fingerprint density at radius 3 is 2.30 bits per heavy atom. The fourth-order valence-corrected chi connectivity index (χ4v) is 4.21. The van der Waals surface area contributed by atoms with Crippen LogP contribution in [0.1, 0.15) is 10.6 Å². The summed E-state index contributed by atoms with van der Waals surface area (Å²) >= 11 is 0. The number of furan rings is 1. The summed E-state index contributed by atoms with van der Waals surface area (Å²) in [6, 6.07) is 27.2. The molecule has 6 heteroatoms. The second kappa shape index (κ2) is 9.30. The first-order chi connectivity index (χ1) is 16.2. The van der Waals surface area contributed by atoms with E-state index >= 15 is 0 Å². The predicted molar refractivity (Wildman–Crippen MR) is 129 cm³/mol. The van der Waals surface area contributed by atoms with Crippen molar-refractivity contribution in [1.82, 2.24) is 9.80 Å². The van der Waals surface area contributed by atoms with E-state index in [9.17, 15) is 9.59 Å². The lowest BCUT2D eigenvalue weighted by Crippen LogP contribution is -2.50. The Balaban J connectivity index is 1.17. The molecule has 2 heterocycles. The molecule has 1 aliphatic heterocycles. The number of hydrogen-bond donors (Lipinski definition) is 1. The number of anilines is 1. The normalized spacial score (nSPS) is 14.4. The quantitative estimate of drug-likeness (QED) is 0.497. The minimum atomic E-state index is -0.105. The smallest absolute Gasteiger partial charge is 0.289 e. The van der Waals surface area contributed by atoms with Gasteiger partial charge in [-0.25, -0.2) is 0 Å². The second-order valence-corrected chi connectivity index (χ2v) is 8.18. The van der Waals surface area contributed by atoms with Crippen LogP contribution in [0.15, 0.2) is 89.3 Å². The van der Waals surface area contributed by atoms with Gasteiger partial charge >= 0.3 is 0 Å². The lowest BCUT2D eigenvalue weighted by Gasteiger charge is -2.33. The van der Waals surface area contributed by atoms with Gasteiger partial charge in [-0.3, -0.25) is 14.5 Å². The molecule has 0 spiro atoms. The zero-order valence-corrected chi connectivity index (χ0v) is 18.2. The third-order valence-corrected chi connectivity index (χ3v) is 5.95. The predicted octanol–water partition coefficient (Wildman–Crippen LogP) is 4.50. The van der Waals surface area contributed by atoms with Crippen molar-refractivity contribution in [3.63, 3.8) is 0 Å². The van der Waals surface area contributed by atoms with Gasteiger partial charge < -0.3 is 14.6 Å². The molecule has 3 aromatic carbocycles. The molecule has 0 unspecified atom stereocenters. The maximum atomic E-state index is 12.8. The zero-order chi connectivity index (χ0) is 22.6. The number of nitrogens with zero attached hydrogens (tertiary/aromatic N) is 2. The van der Waals surface area contributed by atoms with Crippen LogP contribution in [-0.2, 0) is 4.79 Å². The van der Waals surface area contributed by atoms with Crippen molar-refractivity contribution in [2.24, 2.45) is 0 Å². The fourth-order valence-electron chi connectivity index (χ4n) is 4.21. The van der Waals surface area contributed by atoms with E-state index in [1.165, 1.54) is 0 Å². The Morgan fingerprint density at radius 2 is 1.52 bits per heavy atom. The molecule has 0 bridgehead atoms. The molecule has 4 aromatic rings. The van der Waals surface area contributed by atoms with Crippen molar-refractivity contribution < 1.29 is 14.0 Å². The number of benzene rings is 3. The zero-order valence-electron chi connectivity index (χ0n) is 18.2. The SMILES string of the molecule is O=C(CN1CCN(C(=O)c2cc3ccccc3o2)CC1)Nc1ccccc1-c1ccccc1. The average Bonchev–Trinajstić information content (AvgIpc) is 3.29. The van der Waals surface area contributed by atoms with E-state index in [4.69, 9.17) is 4.42 Å². The average molecular weight is 440 g/mol. The Morgan fingerprint density at radius 1 is 0.818 bits per heavy atom. The van der Waals surface area contributed by atoms with E-state index in [0.29, 0.717) is 37.5 Å². The molecular weight excluding hydrogens is 414 g/mol. The van der Waals surface area contributed by atoms with Crippen molar-refractivity contribution in [3.8, 4) is 11.1 Å². The van der Waals surface area contributed by atoms with E-state index < -0.39 is 0 Å². The highest BCUT2D eigenvalue weighted by Gasteiger charge is 2.25. The van der Waals surface area contributed by atoms with Crippen molar-refractivity contribution >= 4 is 28.5 Å². The molecule has 1 aliphatic rings. The molecule has 6 nitrogen and oxygen atoms in total. The molecule has 0 aliphatic carbocycles. The summed E-state index contributed by atoms with van der Waals surface area (Å²) in [5, 5.41) is 3.98. The fraction of sp³-hybridized carbons (Fsp3) is 0.185. The van der Waals surface area contributed by atoms with Crippen LogP contribution >= 0.6 is 0 Å². The van der Waals surface area contributed by atoms with Gasteiger partial charge in [0, 0.05) is 42.8 Å². The van der Waals surface area contributed by atoms with Gasteiger partial charge in [0.05, 0.1) is 6.54 Å². The Bertz CT molecular complexity index is 1240. The molecule has 1 saturated heterocycles. The number of hydrogen-bond acceptors (Lipinski definition) is 4. The topological polar surface area (TPSA) is 65.8 Å². The molecule has 5 rings (SSSR count). The lowest BCUT2D eigenvalue weighted by molar-refractivity contribution is -0.117. The summed E-state index contributed by atoms with van der Waals surface area (Å²) in [6.45, 7) is 2.68. The highest BCUT2D eigenvalue weighted by atomic mass is 16.3. The van der Waals surface area contributed by atoms with Gasteiger partial charge in [0.1, 0.15) is 5.58 Å². The van der Waals surface area contributed by atoms with Gasteiger partial charge in [-0.2, -0.15) is 0 Å². The molecule has 1 aromatic heterocycles. The Hall–Kier alpha value is -3.90. The first-order valence-corrected chi connectivity index (χ1v) is 11.1. The van der Waals surface area contributed by atoms with Crippen LogP contribution in [0.2, 0.25) is 0 Å². The van der Waals surface area contributed by atoms with Crippen LogP contribution in [0.4, 0.5) is 5.69 Å². The molecule has 2 amide bonds. The number of carbonyl (C=O) groups is 2. The lowest BCUT2D eigenvalue weighted by atomic mass is 10.0. The minimum Gasteiger partial charge on any atom is -0.451 e. The standard InChI is InChI=1S/C27H25N3O3/c31-26(28-23-12-6-5-11-22(23)20-8-2-1-3-9-20)19-29-14-16-30(17-15-29)27(32)25-18-21-10-4-7-13-24(21)33-25/h1-13,18H,14-17,19H2,(H,28,31). The first-order valence-electron chi connectivity index (χ1n) is 11.1. The van der Waals surface area contributed by atoms with Gasteiger partial charge in [-0.1, -0.05) is 66.7 Å². The third kappa shape index (κ3) is 4.66. The van der Waals surface area contributed by atoms with Gasteiger partial charge in [-0.05, 0) is 23.8 Å². The van der Waals surface area contributed by atoms with Crippen molar-refractivity contribution in [1.29, 1.82) is 0 Å². The summed E-state index contributed by atoms with van der Waals surface area (Å²) in [5.41, 5.74) is 3.57. The molecule has 1 fully saturated rings. The summed E-state index contributed by atoms with van der Waals surface area (Å²) in [5.74, 6) is 0.197. The molecule has 0 saturated carbocycles. The van der Waals surface area contributed by atoms with Crippen LogP contribution in [0.5, 0.6) is 0 Å². The number of para-hydroxylation sites is 2. The van der Waals surface area contributed by atoms with Gasteiger partial charge in [0.2, 0.25) is 5.91 Å². The number of nitrogens with one attached hydrogen (secondary N) is 1. The molecule has 0 atom stereocenters. The highest BCUT2D eigenvalue weighted by Crippen LogP contribution is 2.27. The Kier molecular flexibility index (Phi) is 5.91. The summed E-state index contributed by atoms with van der Waals surface area (Å²) in [6.07, 6.45) is 0. The Labute approximate surface area is 192 Å². The van der Waals surface area contributed by atoms with Crippen molar-refractivity contribution in [2.45, 2.75) is 0 Å². The van der Waals surface area contributed by atoms with Crippen LogP contribution in [0.3, 0.4) is 0 Å². The van der Waals surface area contributed by atoms with Gasteiger partial charge in [0.25, 0.3) is 5.91 Å². The number of rotatable bonds is 5. The molecule has 1 N–H and O–H groups in total. The maximum Gasteiger partial charge on any atom is 0.289 e. The van der Waals surface area contributed by atoms with E-state index in [-0.39, 0.29) is 18.4 Å². The largest absolute Gasteiger partial charge is 0.451 e. The van der Waals surface area contributed by atoms with E-state index in [1.54, 1.807) is 11.0 Å². The maximum absolute atomic E-state index is 12.8. The monoisotopic (exact) mass is 439 g/mol. The van der Waals surface area contributed by atoms with Crippen molar-refractivity contribution in [2.75, 3.05) is 38.0 Å². The van der Waals surface area contributed by atoms with Crippen LogP contribution in [0, 0.1) is 0 Å². The number of amides is 2. The van der Waals surface area contributed by atoms with Gasteiger partial charge in [-0.15, -0.1) is 0 Å². The van der Waals surface area contributed by atoms with Crippen molar-refractivity contribution in [3.05, 3.63) is 90.7 Å². The van der Waals surface area contributed by atoms with Crippen LogP contribution in [-0.4, -0.2) is 54.3 Å². The first kappa shape index (κ1) is 21.0. The summed E-state index contributed by atoms with van der Waals surface area (Å²) in [4.78, 5) is 29.5. The molecule has 33 heavy (non-hydrogen) atoms. The van der Waals surface area contributed by atoms with Crippen LogP contribution in [0.25, 0.3) is 22.1 Å². The summed E-state index contributed by atoms with van der Waals surface area (Å²) < 4.78 is 5.72. The second-order valence-electron chi connectivity index (χ2n) is 8.18. The number of fused-ring (bicyclic) bond motifs is 1. The minimum absolute atomic E-state index is 0.0598. The molecule has 166 valence electrons. The van der Waals surface area contributed by atoms with E-state index in [0.717, 1.165) is 22.2 Å². The molecular formula is C27H25N3O3. The third-order valence-electron chi connectivity index (χ3n) is 5.95. The van der Waals surface area contributed by atoms with Gasteiger partial charge in [0.15, 0.2) is 5.76 Å². The van der Waals surface area contributed by atoms with E-state index in [1.807, 2.05) is 78.9 Å².